The maximum absolute atomic E-state index is 12.3. The number of ether oxygens (including phenoxy) is 1. The van der Waals surface area contributed by atoms with Crippen LogP contribution in [0.5, 0.6) is 5.75 Å². The third kappa shape index (κ3) is 4.89. The quantitative estimate of drug-likeness (QED) is 0.305. The van der Waals surface area contributed by atoms with Gasteiger partial charge in [0, 0.05) is 16.3 Å². The molecule has 0 unspecified atom stereocenters. The lowest BCUT2D eigenvalue weighted by Gasteiger charge is -2.09. The predicted octanol–water partition coefficient (Wildman–Crippen LogP) is 6.83. The Hall–Kier alpha value is -4.09. The maximum Gasteiger partial charge on any atom is 0.262 e. The topological polar surface area (TPSA) is 64.4 Å². The summed E-state index contributed by atoms with van der Waals surface area (Å²) in [7, 11) is 0. The van der Waals surface area contributed by atoms with E-state index in [1.807, 2.05) is 54.6 Å². The molecule has 0 spiro atoms. The Morgan fingerprint density at radius 2 is 1.55 bits per heavy atom. The Kier molecular flexibility index (Phi) is 5.79. The van der Waals surface area contributed by atoms with Crippen LogP contribution < -0.4 is 10.1 Å². The van der Waals surface area contributed by atoms with E-state index in [4.69, 9.17) is 20.8 Å². The first-order valence-corrected chi connectivity index (χ1v) is 10.8. The van der Waals surface area contributed by atoms with Gasteiger partial charge in [-0.1, -0.05) is 54.1 Å². The summed E-state index contributed by atoms with van der Waals surface area (Å²) in [6.07, 6.45) is 0. The summed E-state index contributed by atoms with van der Waals surface area (Å²) in [6, 6.07) is 30.3. The first-order chi connectivity index (χ1) is 16.1. The minimum atomic E-state index is -0.244. The van der Waals surface area contributed by atoms with Crippen LogP contribution in [0, 0.1) is 0 Å². The Labute approximate surface area is 195 Å². The van der Waals surface area contributed by atoms with Crippen LogP contribution in [0.4, 0.5) is 5.69 Å². The van der Waals surface area contributed by atoms with E-state index in [9.17, 15) is 4.79 Å². The van der Waals surface area contributed by atoms with Gasteiger partial charge in [0.2, 0.25) is 5.89 Å². The average Bonchev–Trinajstić information content (AvgIpc) is 3.27. The van der Waals surface area contributed by atoms with Gasteiger partial charge in [-0.3, -0.25) is 4.79 Å². The summed E-state index contributed by atoms with van der Waals surface area (Å²) >= 11 is 6.01. The fraction of sp³-hybridized carbons (Fsp3) is 0.0370. The van der Waals surface area contributed by atoms with E-state index in [1.165, 1.54) is 0 Å². The predicted molar refractivity (Wildman–Crippen MR) is 130 cm³/mol. The summed E-state index contributed by atoms with van der Waals surface area (Å²) in [5.74, 6) is 0.884. The smallest absolute Gasteiger partial charge is 0.262 e. The fourth-order valence-corrected chi connectivity index (χ4v) is 3.61. The molecule has 1 heterocycles. The van der Waals surface area contributed by atoms with Gasteiger partial charge in [-0.05, 0) is 65.7 Å². The van der Waals surface area contributed by atoms with Crippen LogP contribution in [-0.2, 0) is 4.79 Å². The van der Waals surface area contributed by atoms with E-state index in [2.05, 4.69) is 22.4 Å². The molecule has 33 heavy (non-hydrogen) atoms. The van der Waals surface area contributed by atoms with Gasteiger partial charge in [-0.25, -0.2) is 4.98 Å². The van der Waals surface area contributed by atoms with Gasteiger partial charge in [-0.15, -0.1) is 0 Å². The molecule has 0 aliphatic carbocycles. The number of carbonyl (C=O) groups is 1. The summed E-state index contributed by atoms with van der Waals surface area (Å²) in [5.41, 5.74) is 5.05. The van der Waals surface area contributed by atoms with Crippen molar-refractivity contribution in [3.8, 4) is 28.3 Å². The van der Waals surface area contributed by atoms with Crippen molar-refractivity contribution in [1.82, 2.24) is 4.98 Å². The number of hydrogen-bond acceptors (Lipinski definition) is 4. The zero-order valence-corrected chi connectivity index (χ0v) is 18.3. The number of oxazole rings is 1. The molecular formula is C27H19ClN2O3. The van der Waals surface area contributed by atoms with Crippen molar-refractivity contribution in [3.05, 3.63) is 102 Å². The molecule has 1 N–H and O–H groups in total. The lowest BCUT2D eigenvalue weighted by molar-refractivity contribution is -0.118. The molecule has 6 heteroatoms. The second-order valence-corrected chi connectivity index (χ2v) is 7.87. The number of halogens is 1. The third-order valence-electron chi connectivity index (χ3n) is 5.10. The molecule has 0 aliphatic heterocycles. The van der Waals surface area contributed by atoms with Crippen LogP contribution in [0.2, 0.25) is 5.02 Å². The van der Waals surface area contributed by atoms with E-state index in [0.29, 0.717) is 33.4 Å². The number of rotatable bonds is 6. The average molecular weight is 455 g/mol. The normalized spacial score (nSPS) is 10.8. The highest BCUT2D eigenvalue weighted by atomic mass is 35.5. The van der Waals surface area contributed by atoms with E-state index in [0.717, 1.165) is 16.7 Å². The number of fused-ring (bicyclic) bond motifs is 1. The van der Waals surface area contributed by atoms with Gasteiger partial charge in [0.1, 0.15) is 11.3 Å². The molecule has 5 rings (SSSR count). The molecule has 0 saturated carbocycles. The summed E-state index contributed by atoms with van der Waals surface area (Å²) in [4.78, 5) is 16.8. The molecular weight excluding hydrogens is 436 g/mol. The Morgan fingerprint density at radius 3 is 2.30 bits per heavy atom. The van der Waals surface area contributed by atoms with Crippen molar-refractivity contribution in [2.45, 2.75) is 0 Å². The van der Waals surface area contributed by atoms with Gasteiger partial charge >= 0.3 is 0 Å². The van der Waals surface area contributed by atoms with Crippen molar-refractivity contribution in [2.24, 2.45) is 0 Å². The molecule has 1 aromatic heterocycles. The first kappa shape index (κ1) is 20.8. The molecule has 5 aromatic rings. The molecule has 0 atom stereocenters. The van der Waals surface area contributed by atoms with E-state index in [-0.39, 0.29) is 12.5 Å². The third-order valence-corrected chi connectivity index (χ3v) is 5.33. The number of carbonyl (C=O) groups excluding carboxylic acids is 1. The number of aromatic nitrogens is 1. The van der Waals surface area contributed by atoms with Crippen molar-refractivity contribution < 1.29 is 13.9 Å². The summed E-state index contributed by atoms with van der Waals surface area (Å²) in [6.45, 7) is -0.0850. The van der Waals surface area contributed by atoms with Gasteiger partial charge in [0.25, 0.3) is 5.91 Å². The number of benzene rings is 4. The van der Waals surface area contributed by atoms with Gasteiger partial charge in [0.15, 0.2) is 12.2 Å². The Morgan fingerprint density at radius 1 is 0.848 bits per heavy atom. The van der Waals surface area contributed by atoms with Crippen LogP contribution in [0.3, 0.4) is 0 Å². The highest BCUT2D eigenvalue weighted by Crippen LogP contribution is 2.27. The van der Waals surface area contributed by atoms with Gasteiger partial charge in [-0.2, -0.15) is 0 Å². The minimum Gasteiger partial charge on any atom is -0.484 e. The zero-order valence-electron chi connectivity index (χ0n) is 17.5. The molecule has 1 amide bonds. The number of hydrogen-bond donors (Lipinski definition) is 1. The van der Waals surface area contributed by atoms with Gasteiger partial charge in [0.05, 0.1) is 0 Å². The number of nitrogens with zero attached hydrogens (tertiary/aromatic N) is 1. The SMILES string of the molecule is O=C(COc1ccc(-c2ccccc2)cc1)Nc1ccc(-c2nc3cc(Cl)ccc3o2)cc1. The van der Waals surface area contributed by atoms with Crippen LogP contribution in [0.1, 0.15) is 0 Å². The van der Waals surface area contributed by atoms with E-state index >= 15 is 0 Å². The Balaban J connectivity index is 1.18. The second-order valence-electron chi connectivity index (χ2n) is 7.44. The van der Waals surface area contributed by atoms with Crippen LogP contribution in [-0.4, -0.2) is 17.5 Å². The molecule has 162 valence electrons. The molecule has 0 bridgehead atoms. The van der Waals surface area contributed by atoms with Crippen LogP contribution in [0.25, 0.3) is 33.7 Å². The largest absolute Gasteiger partial charge is 0.484 e. The van der Waals surface area contributed by atoms with Crippen LogP contribution >= 0.6 is 11.6 Å². The second kappa shape index (κ2) is 9.18. The lowest BCUT2D eigenvalue weighted by Crippen LogP contribution is -2.20. The maximum atomic E-state index is 12.3. The van der Waals surface area contributed by atoms with E-state index in [1.54, 1.807) is 30.3 Å². The number of nitrogens with one attached hydrogen (secondary N) is 1. The molecule has 0 radical (unpaired) electrons. The zero-order chi connectivity index (χ0) is 22.6. The summed E-state index contributed by atoms with van der Waals surface area (Å²) < 4.78 is 11.4. The fourth-order valence-electron chi connectivity index (χ4n) is 3.44. The minimum absolute atomic E-state index is 0.0850. The molecule has 4 aromatic carbocycles. The molecule has 0 saturated heterocycles. The summed E-state index contributed by atoms with van der Waals surface area (Å²) in [5, 5.41) is 3.44. The highest BCUT2D eigenvalue weighted by molar-refractivity contribution is 6.31. The highest BCUT2D eigenvalue weighted by Gasteiger charge is 2.10. The lowest BCUT2D eigenvalue weighted by atomic mass is 10.1. The standard InChI is InChI=1S/C27H19ClN2O3/c28-21-10-15-25-24(16-21)30-27(33-25)20-6-11-22(12-7-20)29-26(31)17-32-23-13-8-19(9-14-23)18-4-2-1-3-5-18/h1-16H,17H2,(H,29,31). The Bertz CT molecular complexity index is 1400. The van der Waals surface area contributed by atoms with E-state index < -0.39 is 0 Å². The molecule has 0 aliphatic rings. The van der Waals surface area contributed by atoms with Crippen molar-refractivity contribution in [3.63, 3.8) is 0 Å². The number of amides is 1. The monoisotopic (exact) mass is 454 g/mol. The van der Waals surface area contributed by atoms with Crippen molar-refractivity contribution in [1.29, 1.82) is 0 Å². The molecule has 5 nitrogen and oxygen atoms in total. The first-order valence-electron chi connectivity index (χ1n) is 10.4. The number of anilines is 1. The van der Waals surface area contributed by atoms with Crippen molar-refractivity contribution >= 4 is 34.3 Å². The molecule has 0 fully saturated rings. The van der Waals surface area contributed by atoms with Crippen molar-refractivity contribution in [2.75, 3.05) is 11.9 Å². The van der Waals surface area contributed by atoms with Crippen LogP contribution in [0.15, 0.2) is 101 Å². The van der Waals surface area contributed by atoms with Gasteiger partial charge < -0.3 is 14.5 Å².